The van der Waals surface area contributed by atoms with E-state index >= 15 is 0 Å². The first kappa shape index (κ1) is 21.7. The Morgan fingerprint density at radius 2 is 1.91 bits per heavy atom. The fourth-order valence-corrected chi connectivity index (χ4v) is 4.35. The molecular weight excluding hydrogens is 448 g/mol. The number of hydrogen-bond acceptors (Lipinski definition) is 6. The standard InChI is InChI=1S/C25H22N6O2S/c1-15-8-9-17(12-16(15)2)20-14-34-25(27-20)30-22(32)11-10-21-28-23-19(24(33)29-21)13-26-31(23)18-6-4-3-5-7-18/h3-9,12-14H,10-11H2,1-2H3,(H,27,30,32)(H,28,29,33). The predicted molar refractivity (Wildman–Crippen MR) is 133 cm³/mol. The molecule has 170 valence electrons. The van der Waals surface area contributed by atoms with Gasteiger partial charge in [0.15, 0.2) is 10.8 Å². The Hall–Kier alpha value is -4.11. The lowest BCUT2D eigenvalue weighted by molar-refractivity contribution is -0.116. The van der Waals surface area contributed by atoms with Gasteiger partial charge in [-0.3, -0.25) is 9.59 Å². The van der Waals surface area contributed by atoms with Gasteiger partial charge in [0, 0.05) is 23.8 Å². The minimum absolute atomic E-state index is 0.159. The molecule has 5 rings (SSSR count). The summed E-state index contributed by atoms with van der Waals surface area (Å²) in [5.41, 5.74) is 5.26. The van der Waals surface area contributed by atoms with Crippen molar-refractivity contribution in [2.45, 2.75) is 26.7 Å². The van der Waals surface area contributed by atoms with E-state index in [1.54, 1.807) is 4.68 Å². The summed E-state index contributed by atoms with van der Waals surface area (Å²) in [6.07, 6.45) is 1.94. The number of nitrogens with zero attached hydrogens (tertiary/aromatic N) is 4. The maximum absolute atomic E-state index is 12.5. The van der Waals surface area contributed by atoms with Crippen LogP contribution in [0.25, 0.3) is 28.0 Å². The number of fused-ring (bicyclic) bond motifs is 1. The van der Waals surface area contributed by atoms with Gasteiger partial charge in [0.2, 0.25) is 5.91 Å². The number of H-pyrrole nitrogens is 1. The molecule has 0 bridgehead atoms. The molecule has 9 heteroatoms. The fraction of sp³-hybridized carbons (Fsp3) is 0.160. The van der Waals surface area contributed by atoms with Gasteiger partial charge in [-0.05, 0) is 43.2 Å². The molecule has 0 aliphatic carbocycles. The lowest BCUT2D eigenvalue weighted by Crippen LogP contribution is -2.16. The van der Waals surface area contributed by atoms with E-state index in [0.717, 1.165) is 16.9 Å². The van der Waals surface area contributed by atoms with Gasteiger partial charge in [-0.15, -0.1) is 11.3 Å². The van der Waals surface area contributed by atoms with Crippen LogP contribution in [0.5, 0.6) is 0 Å². The first-order chi connectivity index (χ1) is 16.5. The zero-order chi connectivity index (χ0) is 23.7. The van der Waals surface area contributed by atoms with Crippen molar-refractivity contribution >= 4 is 33.4 Å². The van der Waals surface area contributed by atoms with Crippen LogP contribution < -0.4 is 10.9 Å². The van der Waals surface area contributed by atoms with E-state index in [0.29, 0.717) is 22.0 Å². The van der Waals surface area contributed by atoms with Crippen LogP contribution in [0.4, 0.5) is 5.13 Å². The first-order valence-electron chi connectivity index (χ1n) is 10.8. The number of para-hydroxylation sites is 1. The van der Waals surface area contributed by atoms with Crippen LogP contribution in [0, 0.1) is 13.8 Å². The number of aromatic amines is 1. The summed E-state index contributed by atoms with van der Waals surface area (Å²) in [5, 5.41) is 10.0. The van der Waals surface area contributed by atoms with Gasteiger partial charge < -0.3 is 10.3 Å². The summed E-state index contributed by atoms with van der Waals surface area (Å²) >= 11 is 1.38. The minimum atomic E-state index is -0.277. The second-order valence-corrected chi connectivity index (χ2v) is 8.89. The van der Waals surface area contributed by atoms with E-state index in [2.05, 4.69) is 51.3 Å². The van der Waals surface area contributed by atoms with Crippen LogP contribution in [-0.2, 0) is 11.2 Å². The third-order valence-corrected chi connectivity index (χ3v) is 6.39. The molecule has 0 spiro atoms. The topological polar surface area (TPSA) is 106 Å². The number of thiazole rings is 1. The molecule has 0 saturated carbocycles. The quantitative estimate of drug-likeness (QED) is 0.382. The molecule has 2 N–H and O–H groups in total. The Bertz CT molecular complexity index is 1550. The average Bonchev–Trinajstić information content (AvgIpc) is 3.48. The number of rotatable bonds is 6. The first-order valence-corrected chi connectivity index (χ1v) is 11.7. The van der Waals surface area contributed by atoms with Crippen LogP contribution in [0.3, 0.4) is 0 Å². The molecule has 34 heavy (non-hydrogen) atoms. The normalized spacial score (nSPS) is 11.1. The summed E-state index contributed by atoms with van der Waals surface area (Å²) in [7, 11) is 0. The number of aromatic nitrogens is 5. The molecule has 1 amide bonds. The van der Waals surface area contributed by atoms with Gasteiger partial charge in [-0.1, -0.05) is 30.3 Å². The van der Waals surface area contributed by atoms with E-state index in [-0.39, 0.29) is 24.3 Å². The zero-order valence-corrected chi connectivity index (χ0v) is 19.5. The molecule has 0 aliphatic heterocycles. The molecule has 0 saturated heterocycles. The van der Waals surface area contributed by atoms with Crippen LogP contribution in [-0.4, -0.2) is 30.6 Å². The largest absolute Gasteiger partial charge is 0.310 e. The monoisotopic (exact) mass is 470 g/mol. The number of nitrogens with one attached hydrogen (secondary N) is 2. The molecule has 0 unspecified atom stereocenters. The van der Waals surface area contributed by atoms with Gasteiger partial charge in [0.05, 0.1) is 17.6 Å². The van der Waals surface area contributed by atoms with Crippen molar-refractivity contribution in [1.82, 2.24) is 24.7 Å². The van der Waals surface area contributed by atoms with Crippen molar-refractivity contribution in [3.8, 4) is 16.9 Å². The van der Waals surface area contributed by atoms with Gasteiger partial charge in [-0.2, -0.15) is 5.10 Å². The van der Waals surface area contributed by atoms with E-state index in [1.165, 1.54) is 28.7 Å². The lowest BCUT2D eigenvalue weighted by Gasteiger charge is -2.05. The van der Waals surface area contributed by atoms with E-state index in [4.69, 9.17) is 0 Å². The fourth-order valence-electron chi connectivity index (χ4n) is 3.62. The average molecular weight is 471 g/mol. The van der Waals surface area contributed by atoms with Gasteiger partial charge >= 0.3 is 0 Å². The third-order valence-electron chi connectivity index (χ3n) is 5.63. The second kappa shape index (κ2) is 9.03. The number of anilines is 1. The number of benzene rings is 2. The summed E-state index contributed by atoms with van der Waals surface area (Å²) in [6, 6.07) is 15.7. The molecule has 3 heterocycles. The van der Waals surface area contributed by atoms with Crippen molar-refractivity contribution in [2.24, 2.45) is 0 Å². The summed E-state index contributed by atoms with van der Waals surface area (Å²) in [4.78, 5) is 36.9. The van der Waals surface area contributed by atoms with E-state index < -0.39 is 0 Å². The van der Waals surface area contributed by atoms with Crippen molar-refractivity contribution < 1.29 is 4.79 Å². The molecule has 0 atom stereocenters. The Morgan fingerprint density at radius 1 is 1.09 bits per heavy atom. The molecule has 0 radical (unpaired) electrons. The summed E-state index contributed by atoms with van der Waals surface area (Å²) in [5.74, 6) is 0.237. The van der Waals surface area contributed by atoms with Crippen LogP contribution in [0.2, 0.25) is 0 Å². The SMILES string of the molecule is Cc1ccc(-c2csc(NC(=O)CCc3nc4c(cnn4-c4ccccc4)c(=O)[nH]3)n2)cc1C. The van der Waals surface area contributed by atoms with Crippen molar-refractivity contribution in [3.63, 3.8) is 0 Å². The summed E-state index contributed by atoms with van der Waals surface area (Å²) < 4.78 is 1.62. The lowest BCUT2D eigenvalue weighted by atomic mass is 10.1. The number of hydrogen-bond donors (Lipinski definition) is 2. The molecule has 5 aromatic rings. The smallest absolute Gasteiger partial charge is 0.262 e. The van der Waals surface area contributed by atoms with Crippen LogP contribution in [0.15, 0.2) is 64.9 Å². The second-order valence-electron chi connectivity index (χ2n) is 8.03. The van der Waals surface area contributed by atoms with Crippen LogP contribution in [0.1, 0.15) is 23.4 Å². The van der Waals surface area contributed by atoms with E-state index in [1.807, 2.05) is 41.8 Å². The number of carbonyl (C=O) groups is 1. The number of aryl methyl sites for hydroxylation is 3. The van der Waals surface area contributed by atoms with Gasteiger partial charge in [0.1, 0.15) is 11.2 Å². The Balaban J connectivity index is 1.28. The Labute approximate surface area is 199 Å². The molecule has 0 aliphatic rings. The number of carbonyl (C=O) groups excluding carboxylic acids is 1. The highest BCUT2D eigenvalue weighted by Gasteiger charge is 2.13. The van der Waals surface area contributed by atoms with E-state index in [9.17, 15) is 9.59 Å². The highest BCUT2D eigenvalue weighted by molar-refractivity contribution is 7.14. The molecule has 2 aromatic carbocycles. The minimum Gasteiger partial charge on any atom is -0.310 e. The molecule has 3 aromatic heterocycles. The van der Waals surface area contributed by atoms with Gasteiger partial charge in [-0.25, -0.2) is 14.6 Å². The van der Waals surface area contributed by atoms with Crippen molar-refractivity contribution in [3.05, 3.63) is 87.4 Å². The highest BCUT2D eigenvalue weighted by Crippen LogP contribution is 2.26. The predicted octanol–water partition coefficient (Wildman–Crippen LogP) is 4.42. The van der Waals surface area contributed by atoms with Gasteiger partial charge in [0.25, 0.3) is 5.56 Å². The van der Waals surface area contributed by atoms with Crippen molar-refractivity contribution in [2.75, 3.05) is 5.32 Å². The molecule has 8 nitrogen and oxygen atoms in total. The Morgan fingerprint density at radius 3 is 2.71 bits per heavy atom. The third kappa shape index (κ3) is 4.38. The van der Waals surface area contributed by atoms with Crippen molar-refractivity contribution in [1.29, 1.82) is 0 Å². The van der Waals surface area contributed by atoms with Crippen LogP contribution >= 0.6 is 11.3 Å². The summed E-state index contributed by atoms with van der Waals surface area (Å²) in [6.45, 7) is 4.14. The molecule has 0 fully saturated rings. The zero-order valence-electron chi connectivity index (χ0n) is 18.7. The Kier molecular flexibility index (Phi) is 5.77. The molecular formula is C25H22N6O2S. The highest BCUT2D eigenvalue weighted by atomic mass is 32.1. The number of amides is 1. The maximum Gasteiger partial charge on any atom is 0.262 e. The maximum atomic E-state index is 12.5.